The van der Waals surface area contributed by atoms with Gasteiger partial charge in [-0.25, -0.2) is 13.4 Å². The van der Waals surface area contributed by atoms with Crippen LogP contribution < -0.4 is 4.90 Å². The number of pyridine rings is 1. The summed E-state index contributed by atoms with van der Waals surface area (Å²) < 4.78 is 75.3. The summed E-state index contributed by atoms with van der Waals surface area (Å²) in [7, 11) is -2.70. The molecule has 0 atom stereocenters. The molecule has 1 spiro atoms. The molecule has 1 aromatic carbocycles. The number of anilines is 1. The van der Waals surface area contributed by atoms with Crippen molar-refractivity contribution in [2.75, 3.05) is 49.8 Å². The monoisotopic (exact) mass is 557 g/mol. The number of nitrogens with zero attached hydrogens (tertiary/aromatic N) is 3. The lowest BCUT2D eigenvalue weighted by Crippen LogP contribution is -2.42. The van der Waals surface area contributed by atoms with Crippen molar-refractivity contribution in [2.45, 2.75) is 50.7 Å². The number of hydrogen-bond acceptors (Lipinski definition) is 6. The van der Waals surface area contributed by atoms with Crippen molar-refractivity contribution in [1.29, 1.82) is 0 Å². The molecule has 0 radical (unpaired) electrons. The van der Waals surface area contributed by atoms with E-state index in [0.717, 1.165) is 59.6 Å². The Morgan fingerprint density at radius 2 is 1.84 bits per heavy atom. The molecule has 0 saturated carbocycles. The van der Waals surface area contributed by atoms with E-state index in [-0.39, 0.29) is 35.8 Å². The topological polar surface area (TPSA) is 62.7 Å². The van der Waals surface area contributed by atoms with Gasteiger partial charge < -0.3 is 9.64 Å². The van der Waals surface area contributed by atoms with Gasteiger partial charge in [0.15, 0.2) is 0 Å². The van der Waals surface area contributed by atoms with Crippen molar-refractivity contribution < 1.29 is 26.3 Å². The second-order valence-electron chi connectivity index (χ2n) is 10.1. The Kier molecular flexibility index (Phi) is 8.47. The van der Waals surface area contributed by atoms with E-state index in [9.17, 15) is 21.6 Å². The second kappa shape index (κ2) is 11.1. The van der Waals surface area contributed by atoms with Crippen LogP contribution in [0.25, 0.3) is 0 Å². The number of aryl methyl sites for hydroxylation is 2. The zero-order valence-corrected chi connectivity index (χ0v) is 23.1. The number of piperidine rings is 1. The number of ether oxygens (including phenoxy) is 1. The lowest BCUT2D eigenvalue weighted by Gasteiger charge is -2.40. The summed E-state index contributed by atoms with van der Waals surface area (Å²) in [5, 5.41) is 0. The summed E-state index contributed by atoms with van der Waals surface area (Å²) in [5.41, 5.74) is 2.02. The van der Waals surface area contributed by atoms with Crippen LogP contribution >= 0.6 is 11.8 Å². The lowest BCUT2D eigenvalue weighted by molar-refractivity contribution is -0.141. The SMILES string of the molecule is COCCN(Cc1ccc(C)c(C)c1)S(=O)(=O)c1ccc(C(F)(F)F)nc1N1CCC2(CCSC2)CC1. The summed E-state index contributed by atoms with van der Waals surface area (Å²) in [6, 6.07) is 7.56. The third-order valence-electron chi connectivity index (χ3n) is 7.53. The largest absolute Gasteiger partial charge is 0.433 e. The first-order valence-electron chi connectivity index (χ1n) is 12.4. The Morgan fingerprint density at radius 3 is 2.43 bits per heavy atom. The fourth-order valence-electron chi connectivity index (χ4n) is 4.98. The number of alkyl halides is 3. The van der Waals surface area contributed by atoms with Crippen LogP contribution in [0.3, 0.4) is 0 Å². The Balaban J connectivity index is 1.71. The van der Waals surface area contributed by atoms with Crippen LogP contribution in [0.1, 0.15) is 41.6 Å². The maximum Gasteiger partial charge on any atom is 0.433 e. The van der Waals surface area contributed by atoms with E-state index in [4.69, 9.17) is 4.74 Å². The fraction of sp³-hybridized carbons (Fsp3) is 0.577. The van der Waals surface area contributed by atoms with E-state index in [0.29, 0.717) is 13.1 Å². The van der Waals surface area contributed by atoms with Gasteiger partial charge in [0.25, 0.3) is 0 Å². The molecule has 2 aromatic rings. The first-order valence-corrected chi connectivity index (χ1v) is 15.0. The molecular weight excluding hydrogens is 523 g/mol. The Morgan fingerprint density at radius 1 is 1.11 bits per heavy atom. The van der Waals surface area contributed by atoms with E-state index in [1.807, 2.05) is 43.8 Å². The minimum atomic E-state index is -4.68. The third kappa shape index (κ3) is 6.26. The van der Waals surface area contributed by atoms with E-state index in [2.05, 4.69) is 4.98 Å². The molecule has 0 amide bonds. The standard InChI is InChI=1S/C26H34F3N3O3S2/c1-19-4-5-21(16-20(19)2)17-32(13-14-35-3)37(33,34)22-6-7-23(26(27,28)29)30-24(22)31-11-8-25(9-12-31)10-15-36-18-25/h4-7,16H,8-15,17-18H2,1-3H3. The van der Waals surface area contributed by atoms with Crippen LogP contribution in [0, 0.1) is 19.3 Å². The van der Waals surface area contributed by atoms with Gasteiger partial charge in [-0.15, -0.1) is 0 Å². The van der Waals surface area contributed by atoms with Gasteiger partial charge >= 0.3 is 6.18 Å². The molecule has 2 aliphatic heterocycles. The van der Waals surface area contributed by atoms with Crippen molar-refractivity contribution in [3.8, 4) is 0 Å². The van der Waals surface area contributed by atoms with Crippen LogP contribution in [-0.2, 0) is 27.5 Å². The van der Waals surface area contributed by atoms with Crippen molar-refractivity contribution in [2.24, 2.45) is 5.41 Å². The van der Waals surface area contributed by atoms with Gasteiger partial charge in [-0.2, -0.15) is 29.2 Å². The summed E-state index contributed by atoms with van der Waals surface area (Å²) in [5.74, 6) is 2.02. The number of halogens is 3. The minimum Gasteiger partial charge on any atom is -0.383 e. The van der Waals surface area contributed by atoms with Gasteiger partial charge in [0, 0.05) is 33.3 Å². The molecule has 4 rings (SSSR count). The van der Waals surface area contributed by atoms with Crippen LogP contribution in [0.2, 0.25) is 0 Å². The zero-order valence-electron chi connectivity index (χ0n) is 21.5. The maximum atomic E-state index is 14.0. The molecule has 204 valence electrons. The summed E-state index contributed by atoms with van der Waals surface area (Å²) in [6.07, 6.45) is -1.96. The number of thioether (sulfide) groups is 1. The van der Waals surface area contributed by atoms with Crippen LogP contribution in [0.4, 0.5) is 19.0 Å². The van der Waals surface area contributed by atoms with E-state index >= 15 is 0 Å². The molecule has 11 heteroatoms. The number of aromatic nitrogens is 1. The quantitative estimate of drug-likeness (QED) is 0.440. The highest BCUT2D eigenvalue weighted by Gasteiger charge is 2.41. The molecule has 37 heavy (non-hydrogen) atoms. The minimum absolute atomic E-state index is 0.0621. The molecule has 0 N–H and O–H groups in total. The Bertz CT molecular complexity index is 1210. The predicted molar refractivity (Wildman–Crippen MR) is 140 cm³/mol. The molecule has 0 bridgehead atoms. The number of hydrogen-bond donors (Lipinski definition) is 0. The van der Waals surface area contributed by atoms with Gasteiger partial charge in [-0.1, -0.05) is 18.2 Å². The van der Waals surface area contributed by atoms with Gasteiger partial charge in [-0.05, 0) is 78.9 Å². The van der Waals surface area contributed by atoms with Crippen molar-refractivity contribution in [3.05, 3.63) is 52.7 Å². The van der Waals surface area contributed by atoms with Crippen molar-refractivity contribution in [1.82, 2.24) is 9.29 Å². The van der Waals surface area contributed by atoms with Crippen LogP contribution in [-0.4, -0.2) is 62.6 Å². The van der Waals surface area contributed by atoms with Crippen molar-refractivity contribution >= 4 is 27.6 Å². The Hall–Kier alpha value is -1.82. The van der Waals surface area contributed by atoms with Gasteiger partial charge in [-0.3, -0.25) is 0 Å². The number of benzene rings is 1. The number of methoxy groups -OCH3 is 1. The van der Waals surface area contributed by atoms with E-state index in [1.54, 1.807) is 4.90 Å². The molecule has 2 fully saturated rings. The molecule has 2 aliphatic rings. The van der Waals surface area contributed by atoms with Gasteiger partial charge in [0.1, 0.15) is 16.4 Å². The molecule has 6 nitrogen and oxygen atoms in total. The first-order chi connectivity index (χ1) is 17.4. The maximum absolute atomic E-state index is 14.0. The van der Waals surface area contributed by atoms with Crippen molar-refractivity contribution in [3.63, 3.8) is 0 Å². The van der Waals surface area contributed by atoms with Crippen LogP contribution in [0.5, 0.6) is 0 Å². The first kappa shape index (κ1) is 28.2. The van der Waals surface area contributed by atoms with Gasteiger partial charge in [0.05, 0.1) is 6.61 Å². The van der Waals surface area contributed by atoms with E-state index in [1.165, 1.54) is 11.4 Å². The molecule has 0 unspecified atom stereocenters. The molecule has 3 heterocycles. The summed E-state index contributed by atoms with van der Waals surface area (Å²) >= 11 is 1.91. The summed E-state index contributed by atoms with van der Waals surface area (Å²) in [6.45, 7) is 5.18. The molecule has 1 aromatic heterocycles. The lowest BCUT2D eigenvalue weighted by atomic mass is 9.78. The van der Waals surface area contributed by atoms with Gasteiger partial charge in [0.2, 0.25) is 10.0 Å². The number of sulfonamides is 1. The van der Waals surface area contributed by atoms with E-state index < -0.39 is 21.9 Å². The average molecular weight is 558 g/mol. The van der Waals surface area contributed by atoms with Crippen LogP contribution in [0.15, 0.2) is 35.2 Å². The number of rotatable bonds is 8. The second-order valence-corrected chi connectivity index (χ2v) is 13.1. The highest BCUT2D eigenvalue weighted by Crippen LogP contribution is 2.45. The third-order valence-corrected chi connectivity index (χ3v) is 10.7. The smallest absolute Gasteiger partial charge is 0.383 e. The highest BCUT2D eigenvalue weighted by atomic mass is 32.2. The molecule has 0 aliphatic carbocycles. The summed E-state index contributed by atoms with van der Waals surface area (Å²) in [4.78, 5) is 5.43. The fourth-order valence-corrected chi connectivity index (χ4v) is 8.13. The molecule has 2 saturated heterocycles. The average Bonchev–Trinajstić information content (AvgIpc) is 3.31. The normalized spacial score (nSPS) is 18.2. The highest BCUT2D eigenvalue weighted by molar-refractivity contribution is 7.99. The molecular formula is C26H34F3N3O3S2. The predicted octanol–water partition coefficient (Wildman–Crippen LogP) is 5.28. The Labute approximate surface area is 221 Å². The zero-order chi connectivity index (χ0) is 26.8.